The molecule has 1 saturated heterocycles. The van der Waals surface area contributed by atoms with E-state index >= 15 is 0 Å². The van der Waals surface area contributed by atoms with Gasteiger partial charge in [0, 0.05) is 28.5 Å². The number of amides is 1. The zero-order valence-electron chi connectivity index (χ0n) is 16.8. The molecule has 0 aliphatic carbocycles. The summed E-state index contributed by atoms with van der Waals surface area (Å²) in [6.07, 6.45) is 0. The highest BCUT2D eigenvalue weighted by atomic mass is 35.5. The number of rotatable bonds is 2. The molecule has 3 aromatic rings. The van der Waals surface area contributed by atoms with Crippen LogP contribution in [-0.2, 0) is 11.8 Å². The highest BCUT2D eigenvalue weighted by Crippen LogP contribution is 2.50. The van der Waals surface area contributed by atoms with Crippen LogP contribution in [0.2, 0.25) is 10.0 Å². The molecule has 0 atom stereocenters. The van der Waals surface area contributed by atoms with Crippen molar-refractivity contribution in [3.63, 3.8) is 0 Å². The van der Waals surface area contributed by atoms with Crippen LogP contribution in [-0.4, -0.2) is 29.6 Å². The van der Waals surface area contributed by atoms with Crippen LogP contribution >= 0.6 is 58.1 Å². The monoisotopic (exact) mass is 507 g/mol. The van der Waals surface area contributed by atoms with Gasteiger partial charge >= 0.3 is 5.13 Å². The molecule has 2 aliphatic heterocycles. The standard InChI is InChI=1S/C21H17Cl2N4OS3/c1-4-27-18(28)17(19-25(2)13-7-5-11(22)9-15(13)29-19)31-21(27)24-20-26(3)14-8-6-12(23)10-16(14)30-20/h5-10H,4H2,1-3H3/q+1. The third kappa shape index (κ3) is 3.54. The number of amidine groups is 1. The SMILES string of the molecule is CCN1C(=O)C(=C2Sc3cc(Cl)ccc3N2C)SC1=Nc1sc2cc(Cl)ccc2[n+]1C. The topological polar surface area (TPSA) is 39.8 Å². The highest BCUT2D eigenvalue weighted by molar-refractivity contribution is 8.19. The van der Waals surface area contributed by atoms with E-state index < -0.39 is 0 Å². The first-order valence-corrected chi connectivity index (χ1v) is 12.7. The summed E-state index contributed by atoms with van der Waals surface area (Å²) in [5, 5.41) is 3.79. The number of likely N-dealkylation sites (N-methyl/N-ethyl adjacent to an activating group) is 1. The van der Waals surface area contributed by atoms with E-state index in [0.717, 1.165) is 31.0 Å². The average molecular weight is 509 g/mol. The summed E-state index contributed by atoms with van der Waals surface area (Å²) in [5.41, 5.74) is 2.11. The van der Waals surface area contributed by atoms with Gasteiger partial charge in [0.15, 0.2) is 0 Å². The van der Waals surface area contributed by atoms with Gasteiger partial charge in [0.2, 0.25) is 0 Å². The Kier molecular flexibility index (Phi) is 5.46. The maximum absolute atomic E-state index is 13.3. The number of aryl methyl sites for hydroxylation is 1. The van der Waals surface area contributed by atoms with Gasteiger partial charge in [-0.2, -0.15) is 0 Å². The fourth-order valence-corrected chi connectivity index (χ4v) is 7.54. The molecule has 0 spiro atoms. The van der Waals surface area contributed by atoms with Crippen molar-refractivity contribution in [2.75, 3.05) is 18.5 Å². The maximum Gasteiger partial charge on any atom is 0.385 e. The lowest BCUT2D eigenvalue weighted by atomic mass is 10.3. The van der Waals surface area contributed by atoms with E-state index in [1.807, 2.05) is 62.0 Å². The predicted octanol–water partition coefficient (Wildman–Crippen LogP) is 6.03. The summed E-state index contributed by atoms with van der Waals surface area (Å²) < 4.78 is 3.09. The van der Waals surface area contributed by atoms with Crippen LogP contribution in [0.3, 0.4) is 0 Å². The molecule has 2 aliphatic rings. The fraction of sp³-hybridized carbons (Fsp3) is 0.190. The molecule has 1 fully saturated rings. The van der Waals surface area contributed by atoms with E-state index in [-0.39, 0.29) is 5.91 Å². The molecule has 31 heavy (non-hydrogen) atoms. The van der Waals surface area contributed by atoms with Crippen molar-refractivity contribution in [3.8, 4) is 0 Å². The number of aliphatic imine (C=N–C) groups is 1. The first-order valence-electron chi connectivity index (χ1n) is 9.49. The molecule has 2 aromatic carbocycles. The summed E-state index contributed by atoms with van der Waals surface area (Å²) in [4.78, 5) is 23.7. The molecule has 0 N–H and O–H groups in total. The van der Waals surface area contributed by atoms with Crippen molar-refractivity contribution < 1.29 is 9.36 Å². The molecule has 0 radical (unpaired) electrons. The number of carbonyl (C=O) groups is 1. The van der Waals surface area contributed by atoms with Crippen LogP contribution in [0.25, 0.3) is 10.2 Å². The number of hydrogen-bond acceptors (Lipinski definition) is 6. The zero-order chi connectivity index (χ0) is 21.9. The van der Waals surface area contributed by atoms with Gasteiger partial charge in [-0.25, -0.2) is 4.57 Å². The minimum absolute atomic E-state index is 0.0219. The molecule has 5 rings (SSSR count). The lowest BCUT2D eigenvalue weighted by molar-refractivity contribution is -0.627. The molecule has 0 bridgehead atoms. The Bertz CT molecular complexity index is 1320. The van der Waals surface area contributed by atoms with Crippen LogP contribution in [0.15, 0.2) is 56.2 Å². The molecule has 158 valence electrons. The lowest BCUT2D eigenvalue weighted by Gasteiger charge is -2.14. The Morgan fingerprint density at radius 3 is 2.61 bits per heavy atom. The van der Waals surface area contributed by atoms with E-state index in [0.29, 0.717) is 26.7 Å². The maximum atomic E-state index is 13.3. The normalized spacial score (nSPS) is 19.9. The number of halogens is 2. The van der Waals surface area contributed by atoms with E-state index in [1.165, 1.54) is 11.8 Å². The molecule has 1 amide bonds. The van der Waals surface area contributed by atoms with Gasteiger partial charge in [-0.05, 0) is 71.4 Å². The van der Waals surface area contributed by atoms with E-state index in [1.54, 1.807) is 28.0 Å². The smallest absolute Gasteiger partial charge is 0.337 e. The van der Waals surface area contributed by atoms with Crippen LogP contribution in [0.5, 0.6) is 0 Å². The summed E-state index contributed by atoms with van der Waals surface area (Å²) >= 11 is 16.9. The van der Waals surface area contributed by atoms with Crippen LogP contribution in [0.1, 0.15) is 6.92 Å². The van der Waals surface area contributed by atoms with E-state index in [4.69, 9.17) is 28.2 Å². The van der Waals surface area contributed by atoms with Crippen LogP contribution in [0, 0.1) is 0 Å². The highest BCUT2D eigenvalue weighted by Gasteiger charge is 2.41. The summed E-state index contributed by atoms with van der Waals surface area (Å²) in [5.74, 6) is -0.0219. The van der Waals surface area contributed by atoms with Gasteiger partial charge in [0.1, 0.15) is 10.4 Å². The van der Waals surface area contributed by atoms with Crippen LogP contribution in [0.4, 0.5) is 10.8 Å². The number of anilines is 1. The number of fused-ring (bicyclic) bond motifs is 2. The van der Waals surface area contributed by atoms with E-state index in [2.05, 4.69) is 4.90 Å². The molecule has 0 saturated carbocycles. The predicted molar refractivity (Wildman–Crippen MR) is 133 cm³/mol. The van der Waals surface area contributed by atoms with Gasteiger partial charge < -0.3 is 4.90 Å². The first-order chi connectivity index (χ1) is 14.9. The van der Waals surface area contributed by atoms with Gasteiger partial charge in [0.05, 0.1) is 22.5 Å². The second-order valence-electron chi connectivity index (χ2n) is 7.01. The molecule has 10 heteroatoms. The number of hydrogen-bond donors (Lipinski definition) is 0. The van der Waals surface area contributed by atoms with Crippen LogP contribution < -0.4 is 9.47 Å². The van der Waals surface area contributed by atoms with E-state index in [9.17, 15) is 4.79 Å². The Morgan fingerprint density at radius 2 is 1.84 bits per heavy atom. The van der Waals surface area contributed by atoms with Crippen molar-refractivity contribution in [3.05, 3.63) is 56.4 Å². The number of benzene rings is 2. The largest absolute Gasteiger partial charge is 0.385 e. The minimum atomic E-state index is -0.0219. The molecule has 3 heterocycles. The molecule has 1 aromatic heterocycles. The number of nitrogens with zero attached hydrogens (tertiary/aromatic N) is 4. The lowest BCUT2D eigenvalue weighted by Crippen LogP contribution is -2.30. The second-order valence-corrected chi connectivity index (χ2v) is 10.9. The van der Waals surface area contributed by atoms with Crippen molar-refractivity contribution in [1.29, 1.82) is 0 Å². The van der Waals surface area contributed by atoms with Gasteiger partial charge in [-0.1, -0.05) is 35.0 Å². The Labute approximate surface area is 202 Å². The Morgan fingerprint density at radius 1 is 1.10 bits per heavy atom. The van der Waals surface area contributed by atoms with Crippen molar-refractivity contribution in [1.82, 2.24) is 4.90 Å². The quantitative estimate of drug-likeness (QED) is 0.313. The summed E-state index contributed by atoms with van der Waals surface area (Å²) in [6.45, 7) is 2.52. The molecule has 5 nitrogen and oxygen atoms in total. The third-order valence-electron chi connectivity index (χ3n) is 5.13. The Balaban J connectivity index is 1.56. The average Bonchev–Trinajstić information content (AvgIpc) is 3.33. The second kappa shape index (κ2) is 8.01. The first kappa shape index (κ1) is 21.2. The minimum Gasteiger partial charge on any atom is -0.337 e. The summed E-state index contributed by atoms with van der Waals surface area (Å²) in [7, 11) is 3.95. The third-order valence-corrected chi connectivity index (χ3v) is 9.11. The van der Waals surface area contributed by atoms with Gasteiger partial charge in [-0.3, -0.25) is 9.69 Å². The van der Waals surface area contributed by atoms with Gasteiger partial charge in [0.25, 0.3) is 11.1 Å². The van der Waals surface area contributed by atoms with Crippen molar-refractivity contribution in [2.24, 2.45) is 12.0 Å². The van der Waals surface area contributed by atoms with Crippen molar-refractivity contribution in [2.45, 2.75) is 11.8 Å². The molecular weight excluding hydrogens is 491 g/mol. The fourth-order valence-electron chi connectivity index (χ4n) is 3.52. The number of thiazole rings is 1. The zero-order valence-corrected chi connectivity index (χ0v) is 20.8. The number of thioether (sulfide) groups is 2. The number of carbonyl (C=O) groups excluding carboxylic acids is 1. The Hall–Kier alpha value is -1.71. The van der Waals surface area contributed by atoms with Crippen molar-refractivity contribution >= 4 is 90.2 Å². The number of aromatic nitrogens is 1. The van der Waals surface area contributed by atoms with Gasteiger partial charge in [-0.15, -0.1) is 0 Å². The molecular formula is C21H17Cl2N4OS3+. The summed E-state index contributed by atoms with van der Waals surface area (Å²) in [6, 6.07) is 11.6. The molecule has 0 unspecified atom stereocenters.